The SMILES string of the molecule is CS(=O)(=O)c1ccc(C(c2ccccc2)c2ccncn2)cc1. The predicted molar refractivity (Wildman–Crippen MR) is 89.0 cm³/mol. The van der Waals surface area contributed by atoms with Gasteiger partial charge in [-0.3, -0.25) is 0 Å². The zero-order chi connectivity index (χ0) is 16.3. The summed E-state index contributed by atoms with van der Waals surface area (Å²) in [7, 11) is -3.20. The molecule has 1 atom stereocenters. The lowest BCUT2D eigenvalue weighted by Gasteiger charge is -2.17. The van der Waals surface area contributed by atoms with Gasteiger partial charge in [0.2, 0.25) is 0 Å². The fourth-order valence-corrected chi connectivity index (χ4v) is 3.19. The second kappa shape index (κ2) is 6.30. The molecule has 0 saturated heterocycles. The van der Waals surface area contributed by atoms with Crippen LogP contribution in [0.3, 0.4) is 0 Å². The fourth-order valence-electron chi connectivity index (χ4n) is 2.56. The number of hydrogen-bond acceptors (Lipinski definition) is 4. The number of nitrogens with zero attached hydrogens (tertiary/aromatic N) is 2. The third-order valence-electron chi connectivity index (χ3n) is 3.68. The summed E-state index contributed by atoms with van der Waals surface area (Å²) in [5.74, 6) is -0.0622. The van der Waals surface area contributed by atoms with E-state index >= 15 is 0 Å². The summed E-state index contributed by atoms with van der Waals surface area (Å²) in [6, 6.07) is 18.8. The zero-order valence-electron chi connectivity index (χ0n) is 12.6. The molecular weight excluding hydrogens is 308 g/mol. The highest BCUT2D eigenvalue weighted by Crippen LogP contribution is 2.30. The number of hydrogen-bond donors (Lipinski definition) is 0. The number of sulfone groups is 1. The topological polar surface area (TPSA) is 59.9 Å². The summed E-state index contributed by atoms with van der Waals surface area (Å²) in [6.45, 7) is 0. The maximum absolute atomic E-state index is 11.6. The Kier molecular flexibility index (Phi) is 4.21. The van der Waals surface area contributed by atoms with Crippen molar-refractivity contribution in [1.29, 1.82) is 0 Å². The van der Waals surface area contributed by atoms with Crippen LogP contribution in [0, 0.1) is 0 Å². The molecule has 3 rings (SSSR count). The predicted octanol–water partition coefficient (Wildman–Crippen LogP) is 3.06. The summed E-state index contributed by atoms with van der Waals surface area (Å²) in [5, 5.41) is 0. The van der Waals surface area contributed by atoms with Gasteiger partial charge in [-0.1, -0.05) is 42.5 Å². The molecule has 0 saturated carbocycles. The Bertz CT molecular complexity index is 838. The van der Waals surface area contributed by atoms with Crippen LogP contribution in [-0.2, 0) is 9.84 Å². The third kappa shape index (κ3) is 3.46. The first kappa shape index (κ1) is 15.4. The van der Waals surface area contributed by atoms with Crippen molar-refractivity contribution in [2.45, 2.75) is 10.8 Å². The minimum atomic E-state index is -3.20. The molecule has 0 spiro atoms. The maximum atomic E-state index is 11.6. The van der Waals surface area contributed by atoms with E-state index in [0.717, 1.165) is 16.8 Å². The van der Waals surface area contributed by atoms with Gasteiger partial charge in [-0.15, -0.1) is 0 Å². The molecule has 4 nitrogen and oxygen atoms in total. The van der Waals surface area contributed by atoms with Crippen molar-refractivity contribution in [2.75, 3.05) is 6.26 Å². The molecular formula is C18H16N2O2S. The molecule has 0 N–H and O–H groups in total. The van der Waals surface area contributed by atoms with Gasteiger partial charge >= 0.3 is 0 Å². The second-order valence-corrected chi connectivity index (χ2v) is 7.33. The molecule has 1 unspecified atom stereocenters. The van der Waals surface area contributed by atoms with Crippen molar-refractivity contribution in [3.05, 3.63) is 90.0 Å². The zero-order valence-corrected chi connectivity index (χ0v) is 13.4. The molecule has 0 amide bonds. The molecule has 1 heterocycles. The highest BCUT2D eigenvalue weighted by Gasteiger charge is 2.18. The molecule has 1 aromatic heterocycles. The van der Waals surface area contributed by atoms with E-state index in [1.807, 2.05) is 48.5 Å². The van der Waals surface area contributed by atoms with Gasteiger partial charge in [0.05, 0.1) is 16.5 Å². The first-order valence-electron chi connectivity index (χ1n) is 7.16. The van der Waals surface area contributed by atoms with E-state index in [2.05, 4.69) is 9.97 Å². The molecule has 0 bridgehead atoms. The van der Waals surface area contributed by atoms with Crippen molar-refractivity contribution in [3.63, 3.8) is 0 Å². The largest absolute Gasteiger partial charge is 0.245 e. The van der Waals surface area contributed by atoms with Crippen molar-refractivity contribution < 1.29 is 8.42 Å². The van der Waals surface area contributed by atoms with Crippen LogP contribution in [0.5, 0.6) is 0 Å². The van der Waals surface area contributed by atoms with Gasteiger partial charge in [0, 0.05) is 12.5 Å². The Hall–Kier alpha value is -2.53. The van der Waals surface area contributed by atoms with Gasteiger partial charge in [0.1, 0.15) is 6.33 Å². The molecule has 0 radical (unpaired) electrons. The van der Waals surface area contributed by atoms with E-state index in [1.54, 1.807) is 18.3 Å². The molecule has 0 aliphatic carbocycles. The standard InChI is InChI=1S/C18H16N2O2S/c1-23(21,22)16-9-7-15(8-10-16)18(14-5-3-2-4-6-14)17-11-12-19-13-20-17/h2-13,18H,1H3. The van der Waals surface area contributed by atoms with Gasteiger partial charge in [-0.05, 0) is 29.3 Å². The van der Waals surface area contributed by atoms with E-state index in [9.17, 15) is 8.42 Å². The third-order valence-corrected chi connectivity index (χ3v) is 4.80. The van der Waals surface area contributed by atoms with Crippen molar-refractivity contribution in [1.82, 2.24) is 9.97 Å². The molecule has 116 valence electrons. The highest BCUT2D eigenvalue weighted by molar-refractivity contribution is 7.90. The summed E-state index contributed by atoms with van der Waals surface area (Å²) >= 11 is 0. The Morgan fingerprint density at radius 3 is 2.09 bits per heavy atom. The summed E-state index contributed by atoms with van der Waals surface area (Å²) in [5.41, 5.74) is 2.96. The maximum Gasteiger partial charge on any atom is 0.175 e. The van der Waals surface area contributed by atoms with E-state index in [1.165, 1.54) is 12.6 Å². The summed E-state index contributed by atoms with van der Waals surface area (Å²) < 4.78 is 23.3. The molecule has 0 aliphatic heterocycles. The van der Waals surface area contributed by atoms with Crippen molar-refractivity contribution >= 4 is 9.84 Å². The van der Waals surface area contributed by atoms with Crippen LogP contribution in [0.25, 0.3) is 0 Å². The van der Waals surface area contributed by atoms with E-state index in [4.69, 9.17) is 0 Å². The molecule has 5 heteroatoms. The van der Waals surface area contributed by atoms with Crippen LogP contribution >= 0.6 is 0 Å². The Labute approximate surface area is 135 Å². The van der Waals surface area contributed by atoms with Crippen LogP contribution in [0.15, 0.2) is 78.1 Å². The minimum Gasteiger partial charge on any atom is -0.245 e. The van der Waals surface area contributed by atoms with Crippen LogP contribution in [-0.4, -0.2) is 24.6 Å². The molecule has 0 fully saturated rings. The lowest BCUT2D eigenvalue weighted by molar-refractivity contribution is 0.602. The monoisotopic (exact) mass is 324 g/mol. The quantitative estimate of drug-likeness (QED) is 0.740. The Balaban J connectivity index is 2.09. The average molecular weight is 324 g/mol. The summed E-state index contributed by atoms with van der Waals surface area (Å²) in [4.78, 5) is 8.66. The van der Waals surface area contributed by atoms with Gasteiger partial charge < -0.3 is 0 Å². The lowest BCUT2D eigenvalue weighted by atomic mass is 9.88. The minimum absolute atomic E-state index is 0.0622. The Morgan fingerprint density at radius 1 is 0.870 bits per heavy atom. The van der Waals surface area contributed by atoms with Crippen LogP contribution in [0.1, 0.15) is 22.7 Å². The van der Waals surface area contributed by atoms with E-state index in [0.29, 0.717) is 4.90 Å². The van der Waals surface area contributed by atoms with Gasteiger partial charge in [-0.2, -0.15) is 0 Å². The van der Waals surface area contributed by atoms with Crippen molar-refractivity contribution in [3.8, 4) is 0 Å². The second-order valence-electron chi connectivity index (χ2n) is 5.32. The molecule has 23 heavy (non-hydrogen) atoms. The van der Waals surface area contributed by atoms with E-state index in [-0.39, 0.29) is 5.92 Å². The number of benzene rings is 2. The van der Waals surface area contributed by atoms with Crippen LogP contribution in [0.4, 0.5) is 0 Å². The summed E-state index contributed by atoms with van der Waals surface area (Å²) in [6.07, 6.45) is 4.44. The van der Waals surface area contributed by atoms with Gasteiger partial charge in [0.25, 0.3) is 0 Å². The van der Waals surface area contributed by atoms with Crippen LogP contribution < -0.4 is 0 Å². The number of rotatable bonds is 4. The smallest absolute Gasteiger partial charge is 0.175 e. The average Bonchev–Trinajstić information content (AvgIpc) is 2.57. The van der Waals surface area contributed by atoms with Gasteiger partial charge in [-0.25, -0.2) is 18.4 Å². The first-order chi connectivity index (χ1) is 11.1. The normalized spacial score (nSPS) is 12.7. The molecule has 2 aromatic carbocycles. The van der Waals surface area contributed by atoms with Gasteiger partial charge in [0.15, 0.2) is 9.84 Å². The van der Waals surface area contributed by atoms with Crippen LogP contribution in [0.2, 0.25) is 0 Å². The Morgan fingerprint density at radius 2 is 1.52 bits per heavy atom. The van der Waals surface area contributed by atoms with Crippen molar-refractivity contribution in [2.24, 2.45) is 0 Å². The number of aromatic nitrogens is 2. The molecule has 3 aromatic rings. The fraction of sp³-hybridized carbons (Fsp3) is 0.111. The van der Waals surface area contributed by atoms with E-state index < -0.39 is 9.84 Å². The lowest BCUT2D eigenvalue weighted by Crippen LogP contribution is -2.06. The first-order valence-corrected chi connectivity index (χ1v) is 9.06. The molecule has 0 aliphatic rings. The highest BCUT2D eigenvalue weighted by atomic mass is 32.2.